The maximum atomic E-state index is 12.7. The molecule has 1 aromatic carbocycles. The van der Waals surface area contributed by atoms with Gasteiger partial charge in [-0.15, -0.1) is 0 Å². The Balaban J connectivity index is 1.36. The standard InChI is InChI=1S/C23H29N3O5S2/c1-16(2)23(17-5-7-19-20(13-17)31-12-11-30-19)25-21(27)15-32-22-8-6-18(14-24-22)33(28,29)26-9-3-4-10-26/h5-8,13-14,16,23H,3-4,9-12,15H2,1-2H3,(H,25,27). The fourth-order valence-electron chi connectivity index (χ4n) is 3.93. The molecule has 10 heteroatoms. The SMILES string of the molecule is CC(C)C(NC(=O)CSc1ccc(S(=O)(=O)N2CCCC2)cn1)c1ccc2c(c1)OCCO2. The molecule has 8 nitrogen and oxygen atoms in total. The number of aromatic nitrogens is 1. The number of hydrogen-bond donors (Lipinski definition) is 1. The van der Waals surface area contributed by atoms with Gasteiger partial charge >= 0.3 is 0 Å². The third kappa shape index (κ3) is 5.62. The zero-order valence-electron chi connectivity index (χ0n) is 18.8. The van der Waals surface area contributed by atoms with Gasteiger partial charge in [0.05, 0.1) is 16.8 Å². The van der Waals surface area contributed by atoms with Crippen molar-refractivity contribution < 1.29 is 22.7 Å². The van der Waals surface area contributed by atoms with Gasteiger partial charge in [-0.1, -0.05) is 31.7 Å². The first kappa shape index (κ1) is 23.8. The quantitative estimate of drug-likeness (QED) is 0.566. The first-order valence-electron chi connectivity index (χ1n) is 11.1. The summed E-state index contributed by atoms with van der Waals surface area (Å²) in [6.45, 7) is 6.26. The highest BCUT2D eigenvalue weighted by molar-refractivity contribution is 7.99. The summed E-state index contributed by atoms with van der Waals surface area (Å²) in [6.07, 6.45) is 3.15. The Bertz CT molecular complexity index is 1080. The summed E-state index contributed by atoms with van der Waals surface area (Å²) < 4.78 is 38.0. The van der Waals surface area contributed by atoms with E-state index in [1.165, 1.54) is 22.3 Å². The second-order valence-electron chi connectivity index (χ2n) is 8.42. The summed E-state index contributed by atoms with van der Waals surface area (Å²) in [6, 6.07) is 8.80. The van der Waals surface area contributed by atoms with Crippen molar-refractivity contribution in [2.75, 3.05) is 32.1 Å². The lowest BCUT2D eigenvalue weighted by atomic mass is 9.95. The first-order valence-corrected chi connectivity index (χ1v) is 13.5. The van der Waals surface area contributed by atoms with Gasteiger partial charge in [0.1, 0.15) is 18.1 Å². The Morgan fingerprint density at radius 3 is 2.52 bits per heavy atom. The lowest BCUT2D eigenvalue weighted by Crippen LogP contribution is -2.33. The molecule has 3 heterocycles. The fourth-order valence-corrected chi connectivity index (χ4v) is 6.04. The minimum absolute atomic E-state index is 0.121. The van der Waals surface area contributed by atoms with E-state index >= 15 is 0 Å². The first-order chi connectivity index (χ1) is 15.8. The number of nitrogens with one attached hydrogen (secondary N) is 1. The molecular formula is C23H29N3O5S2. The number of nitrogens with zero attached hydrogens (tertiary/aromatic N) is 2. The van der Waals surface area contributed by atoms with Crippen molar-refractivity contribution in [2.45, 2.75) is 42.7 Å². The number of carbonyl (C=O) groups is 1. The molecule has 4 rings (SSSR count). The van der Waals surface area contributed by atoms with Gasteiger partial charge in [-0.05, 0) is 48.6 Å². The van der Waals surface area contributed by atoms with Gasteiger partial charge in [-0.3, -0.25) is 4.79 Å². The Morgan fingerprint density at radius 1 is 1.12 bits per heavy atom. The van der Waals surface area contributed by atoms with E-state index in [1.807, 2.05) is 18.2 Å². The van der Waals surface area contributed by atoms with Crippen molar-refractivity contribution in [2.24, 2.45) is 5.92 Å². The van der Waals surface area contributed by atoms with Crippen molar-refractivity contribution >= 4 is 27.7 Å². The second-order valence-corrected chi connectivity index (χ2v) is 11.4. The molecule has 0 aliphatic carbocycles. The van der Waals surface area contributed by atoms with Crippen LogP contribution >= 0.6 is 11.8 Å². The van der Waals surface area contributed by atoms with E-state index in [-0.39, 0.29) is 28.5 Å². The van der Waals surface area contributed by atoms with Gasteiger partial charge in [0.25, 0.3) is 0 Å². The largest absolute Gasteiger partial charge is 0.486 e. The van der Waals surface area contributed by atoms with Gasteiger partial charge in [0.2, 0.25) is 15.9 Å². The van der Waals surface area contributed by atoms with Crippen LogP contribution in [0.3, 0.4) is 0 Å². The Kier molecular flexibility index (Phi) is 7.45. The number of ether oxygens (including phenoxy) is 2. The van der Waals surface area contributed by atoms with Crippen LogP contribution in [0.15, 0.2) is 46.5 Å². The summed E-state index contributed by atoms with van der Waals surface area (Å²) in [5.41, 5.74) is 0.960. The highest BCUT2D eigenvalue weighted by atomic mass is 32.2. The predicted octanol–water partition coefficient (Wildman–Crippen LogP) is 3.24. The van der Waals surface area contributed by atoms with E-state index < -0.39 is 10.0 Å². The van der Waals surface area contributed by atoms with Crippen LogP contribution in [-0.4, -0.2) is 55.7 Å². The average molecular weight is 492 g/mol. The van der Waals surface area contributed by atoms with Gasteiger partial charge in [-0.25, -0.2) is 13.4 Å². The van der Waals surface area contributed by atoms with Crippen molar-refractivity contribution in [1.29, 1.82) is 0 Å². The Hall–Kier alpha value is -2.30. The van der Waals surface area contributed by atoms with Gasteiger partial charge in [-0.2, -0.15) is 4.31 Å². The summed E-state index contributed by atoms with van der Waals surface area (Å²) >= 11 is 1.28. The molecule has 1 aromatic heterocycles. The Labute approximate surface area is 199 Å². The summed E-state index contributed by atoms with van der Waals surface area (Å²) in [5, 5.41) is 3.70. The molecular weight excluding hydrogens is 462 g/mol. The van der Waals surface area contributed by atoms with Crippen LogP contribution in [0.5, 0.6) is 11.5 Å². The molecule has 1 saturated heterocycles. The van der Waals surface area contributed by atoms with Crippen LogP contribution in [0.4, 0.5) is 0 Å². The number of rotatable bonds is 8. The number of fused-ring (bicyclic) bond motifs is 1. The molecule has 1 amide bonds. The number of carbonyl (C=O) groups excluding carboxylic acids is 1. The highest BCUT2D eigenvalue weighted by Crippen LogP contribution is 2.34. The number of amides is 1. The van der Waals surface area contributed by atoms with E-state index in [1.54, 1.807) is 12.1 Å². The summed E-state index contributed by atoms with van der Waals surface area (Å²) in [7, 11) is -3.49. The highest BCUT2D eigenvalue weighted by Gasteiger charge is 2.27. The van der Waals surface area contributed by atoms with Crippen molar-refractivity contribution in [3.8, 4) is 11.5 Å². The number of benzene rings is 1. The number of hydrogen-bond acceptors (Lipinski definition) is 7. The van der Waals surface area contributed by atoms with Crippen molar-refractivity contribution in [1.82, 2.24) is 14.6 Å². The van der Waals surface area contributed by atoms with Crippen LogP contribution in [0.25, 0.3) is 0 Å². The van der Waals surface area contributed by atoms with E-state index in [4.69, 9.17) is 9.47 Å². The maximum Gasteiger partial charge on any atom is 0.244 e. The Morgan fingerprint density at radius 2 is 1.85 bits per heavy atom. The van der Waals surface area contributed by atoms with Crippen LogP contribution in [0.2, 0.25) is 0 Å². The second kappa shape index (κ2) is 10.3. The lowest BCUT2D eigenvalue weighted by Gasteiger charge is -2.25. The molecule has 33 heavy (non-hydrogen) atoms. The summed E-state index contributed by atoms with van der Waals surface area (Å²) in [5.74, 6) is 1.65. The molecule has 1 fully saturated rings. The van der Waals surface area contributed by atoms with Crippen molar-refractivity contribution in [3.63, 3.8) is 0 Å². The van der Waals surface area contributed by atoms with Gasteiger partial charge in [0, 0.05) is 19.3 Å². The smallest absolute Gasteiger partial charge is 0.244 e. The molecule has 0 spiro atoms. The third-order valence-electron chi connectivity index (χ3n) is 5.67. The molecule has 1 atom stereocenters. The third-order valence-corrected chi connectivity index (χ3v) is 8.50. The van der Waals surface area contributed by atoms with Crippen LogP contribution in [-0.2, 0) is 14.8 Å². The minimum Gasteiger partial charge on any atom is -0.486 e. The van der Waals surface area contributed by atoms with E-state index in [9.17, 15) is 13.2 Å². The van der Waals surface area contributed by atoms with E-state index in [2.05, 4.69) is 24.1 Å². The lowest BCUT2D eigenvalue weighted by molar-refractivity contribution is -0.119. The van der Waals surface area contributed by atoms with Gasteiger partial charge < -0.3 is 14.8 Å². The summed E-state index contributed by atoms with van der Waals surface area (Å²) in [4.78, 5) is 17.1. The monoisotopic (exact) mass is 491 g/mol. The predicted molar refractivity (Wildman–Crippen MR) is 126 cm³/mol. The molecule has 178 valence electrons. The van der Waals surface area contributed by atoms with E-state index in [0.717, 1.165) is 24.2 Å². The zero-order chi connectivity index (χ0) is 23.4. The zero-order valence-corrected chi connectivity index (χ0v) is 20.5. The van der Waals surface area contributed by atoms with Gasteiger partial charge in [0.15, 0.2) is 11.5 Å². The molecule has 0 saturated carbocycles. The van der Waals surface area contributed by atoms with Crippen molar-refractivity contribution in [3.05, 3.63) is 42.1 Å². The fraction of sp³-hybridized carbons (Fsp3) is 0.478. The molecule has 2 aliphatic rings. The molecule has 2 aromatic rings. The molecule has 0 radical (unpaired) electrons. The van der Waals surface area contributed by atoms with Crippen LogP contribution in [0.1, 0.15) is 38.3 Å². The number of pyridine rings is 1. The average Bonchev–Trinajstić information content (AvgIpc) is 3.37. The topological polar surface area (TPSA) is 97.8 Å². The molecule has 0 bridgehead atoms. The van der Waals surface area contributed by atoms with Crippen LogP contribution < -0.4 is 14.8 Å². The number of thioether (sulfide) groups is 1. The molecule has 2 aliphatic heterocycles. The van der Waals surface area contributed by atoms with Crippen LogP contribution in [0, 0.1) is 5.92 Å². The molecule has 1 unspecified atom stereocenters. The number of sulfonamides is 1. The maximum absolute atomic E-state index is 12.7. The normalized spacial score (nSPS) is 17.2. The molecule has 1 N–H and O–H groups in total. The van der Waals surface area contributed by atoms with E-state index in [0.29, 0.717) is 37.1 Å². The minimum atomic E-state index is -3.49.